The van der Waals surface area contributed by atoms with Gasteiger partial charge in [0.15, 0.2) is 9.84 Å². The van der Waals surface area contributed by atoms with Crippen LogP contribution in [0.1, 0.15) is 56.0 Å². The van der Waals surface area contributed by atoms with E-state index in [1.807, 2.05) is 4.90 Å². The van der Waals surface area contributed by atoms with Gasteiger partial charge in [0.1, 0.15) is 0 Å². The van der Waals surface area contributed by atoms with Crippen molar-refractivity contribution < 1.29 is 13.2 Å². The highest BCUT2D eigenvalue weighted by atomic mass is 32.2. The molecule has 2 rings (SSSR count). The maximum Gasteiger partial charge on any atom is 0.254 e. The molecule has 0 unspecified atom stereocenters. The highest BCUT2D eigenvalue weighted by molar-refractivity contribution is 7.89. The number of hydrogen-bond donors (Lipinski definition) is 0. The summed E-state index contributed by atoms with van der Waals surface area (Å²) in [5, 5.41) is 0. The summed E-state index contributed by atoms with van der Waals surface area (Å²) >= 11 is 0. The van der Waals surface area contributed by atoms with Gasteiger partial charge in [0, 0.05) is 23.9 Å². The number of nitrogens with zero attached hydrogens (tertiary/aromatic N) is 1. The molecule has 1 saturated carbocycles. The Bertz CT molecular complexity index is 665. The Balaban J connectivity index is 2.25. The van der Waals surface area contributed by atoms with Crippen molar-refractivity contribution in [1.29, 1.82) is 0 Å². The van der Waals surface area contributed by atoms with Gasteiger partial charge >= 0.3 is 0 Å². The van der Waals surface area contributed by atoms with Crippen molar-refractivity contribution in [2.75, 3.05) is 6.26 Å². The van der Waals surface area contributed by atoms with Gasteiger partial charge in [-0.2, -0.15) is 0 Å². The van der Waals surface area contributed by atoms with E-state index in [1.165, 1.54) is 6.26 Å². The van der Waals surface area contributed by atoms with Gasteiger partial charge < -0.3 is 4.90 Å². The smallest absolute Gasteiger partial charge is 0.254 e. The molecule has 1 fully saturated rings. The number of amides is 1. The van der Waals surface area contributed by atoms with Crippen molar-refractivity contribution in [3.63, 3.8) is 0 Å². The van der Waals surface area contributed by atoms with Crippen LogP contribution in [0.15, 0.2) is 24.3 Å². The third kappa shape index (κ3) is 4.80. The number of sulfone groups is 1. The molecule has 5 heteroatoms. The second kappa shape index (κ2) is 7.04. The molecule has 1 aliphatic carbocycles. The first-order valence-electron chi connectivity index (χ1n) is 8.32. The van der Waals surface area contributed by atoms with Crippen LogP contribution in [-0.4, -0.2) is 37.6 Å². The first-order chi connectivity index (χ1) is 10.7. The molecule has 23 heavy (non-hydrogen) atoms. The summed E-state index contributed by atoms with van der Waals surface area (Å²) in [5.41, 5.74) is 1.26. The summed E-state index contributed by atoms with van der Waals surface area (Å²) < 4.78 is 22.9. The molecule has 0 saturated heterocycles. The molecule has 1 amide bonds. The predicted molar refractivity (Wildman–Crippen MR) is 93.1 cm³/mol. The Kier molecular flexibility index (Phi) is 5.50. The van der Waals surface area contributed by atoms with Crippen molar-refractivity contribution in [3.8, 4) is 0 Å². The van der Waals surface area contributed by atoms with Crippen LogP contribution in [0.2, 0.25) is 0 Å². The quantitative estimate of drug-likeness (QED) is 0.767. The lowest BCUT2D eigenvalue weighted by molar-refractivity contribution is 0.0615. The van der Waals surface area contributed by atoms with Crippen LogP contribution in [0.25, 0.3) is 0 Å². The summed E-state index contributed by atoms with van der Waals surface area (Å²) in [4.78, 5) is 15.0. The Labute approximate surface area is 139 Å². The van der Waals surface area contributed by atoms with Crippen molar-refractivity contribution in [2.45, 2.75) is 57.9 Å². The van der Waals surface area contributed by atoms with Gasteiger partial charge in [-0.25, -0.2) is 8.42 Å². The van der Waals surface area contributed by atoms with E-state index >= 15 is 0 Å². The average Bonchev–Trinajstić information content (AvgIpc) is 3.29. The normalized spacial score (nSPS) is 17.6. The van der Waals surface area contributed by atoms with Crippen LogP contribution >= 0.6 is 0 Å². The molecular weight excluding hydrogens is 310 g/mol. The molecule has 4 nitrogen and oxygen atoms in total. The lowest BCUT2D eigenvalue weighted by Crippen LogP contribution is -2.43. The fraction of sp³-hybridized carbons (Fsp3) is 0.611. The fourth-order valence-electron chi connectivity index (χ4n) is 2.90. The second-order valence-corrected chi connectivity index (χ2v) is 8.98. The molecule has 0 spiro atoms. The third-order valence-electron chi connectivity index (χ3n) is 4.68. The predicted octanol–water partition coefficient (Wildman–Crippen LogP) is 3.27. The maximum absolute atomic E-state index is 13.0. The van der Waals surface area contributed by atoms with Gasteiger partial charge in [-0.05, 0) is 43.4 Å². The molecule has 1 aromatic carbocycles. The van der Waals surface area contributed by atoms with E-state index in [2.05, 4.69) is 20.8 Å². The zero-order valence-corrected chi connectivity index (χ0v) is 15.3. The number of hydrogen-bond acceptors (Lipinski definition) is 3. The van der Waals surface area contributed by atoms with Crippen molar-refractivity contribution in [3.05, 3.63) is 35.4 Å². The molecule has 0 bridgehead atoms. The summed E-state index contributed by atoms with van der Waals surface area (Å²) in [6, 6.07) is 7.57. The Morgan fingerprint density at radius 2 is 1.96 bits per heavy atom. The second-order valence-electron chi connectivity index (χ2n) is 6.84. The van der Waals surface area contributed by atoms with E-state index in [9.17, 15) is 13.2 Å². The fourth-order valence-corrected chi connectivity index (χ4v) is 3.68. The zero-order chi connectivity index (χ0) is 17.2. The SMILES string of the molecule is CC[C@H](C)[C@H](C)N(C(=O)c1cccc(CS(C)(=O)=O)c1)C1CC1. The van der Waals surface area contributed by atoms with Crippen LogP contribution in [0.5, 0.6) is 0 Å². The van der Waals surface area contributed by atoms with Gasteiger partial charge in [-0.1, -0.05) is 32.4 Å². The van der Waals surface area contributed by atoms with E-state index in [-0.39, 0.29) is 17.7 Å². The van der Waals surface area contributed by atoms with Crippen LogP contribution in [0.4, 0.5) is 0 Å². The van der Waals surface area contributed by atoms with Crippen LogP contribution < -0.4 is 0 Å². The molecule has 0 radical (unpaired) electrons. The van der Waals surface area contributed by atoms with Gasteiger partial charge in [0.2, 0.25) is 0 Å². The van der Waals surface area contributed by atoms with Gasteiger partial charge in [-0.3, -0.25) is 4.79 Å². The summed E-state index contributed by atoms with van der Waals surface area (Å²) in [7, 11) is -3.10. The van der Waals surface area contributed by atoms with E-state index in [4.69, 9.17) is 0 Å². The molecule has 0 aromatic heterocycles. The maximum atomic E-state index is 13.0. The summed E-state index contributed by atoms with van der Waals surface area (Å²) in [6.07, 6.45) is 4.37. The van der Waals surface area contributed by atoms with Gasteiger partial charge in [-0.15, -0.1) is 0 Å². The standard InChI is InChI=1S/C18H27NO3S/c1-5-13(2)14(3)19(17-9-10-17)18(20)16-8-6-7-15(11-16)12-23(4,21)22/h6-8,11,13-14,17H,5,9-10,12H2,1-4H3/t13-,14-/m0/s1. The number of carbonyl (C=O) groups excluding carboxylic acids is 1. The minimum Gasteiger partial charge on any atom is -0.333 e. The lowest BCUT2D eigenvalue weighted by atomic mass is 9.98. The van der Waals surface area contributed by atoms with E-state index in [0.717, 1.165) is 19.3 Å². The molecule has 0 heterocycles. The monoisotopic (exact) mass is 337 g/mol. The highest BCUT2D eigenvalue weighted by Gasteiger charge is 2.37. The Morgan fingerprint density at radius 1 is 1.30 bits per heavy atom. The summed E-state index contributed by atoms with van der Waals surface area (Å²) in [6.45, 7) is 6.43. The average molecular weight is 337 g/mol. The molecule has 0 aliphatic heterocycles. The Morgan fingerprint density at radius 3 is 2.48 bits per heavy atom. The van der Waals surface area contributed by atoms with Crippen LogP contribution in [-0.2, 0) is 15.6 Å². The largest absolute Gasteiger partial charge is 0.333 e. The van der Waals surface area contributed by atoms with Crippen molar-refractivity contribution in [2.24, 2.45) is 5.92 Å². The van der Waals surface area contributed by atoms with Gasteiger partial charge in [0.05, 0.1) is 5.75 Å². The third-order valence-corrected chi connectivity index (χ3v) is 5.54. The minimum atomic E-state index is -3.10. The Hall–Kier alpha value is -1.36. The minimum absolute atomic E-state index is 0.0238. The van der Waals surface area contributed by atoms with Crippen molar-refractivity contribution in [1.82, 2.24) is 4.90 Å². The molecule has 1 aromatic rings. The molecule has 2 atom stereocenters. The first kappa shape index (κ1) is 18.0. The molecule has 128 valence electrons. The van der Waals surface area contributed by atoms with Crippen molar-refractivity contribution >= 4 is 15.7 Å². The lowest BCUT2D eigenvalue weighted by Gasteiger charge is -2.33. The number of carbonyl (C=O) groups is 1. The molecule has 1 aliphatic rings. The van der Waals surface area contributed by atoms with Gasteiger partial charge in [0.25, 0.3) is 5.91 Å². The van der Waals surface area contributed by atoms with E-state index in [1.54, 1.807) is 24.3 Å². The zero-order valence-electron chi connectivity index (χ0n) is 14.5. The highest BCUT2D eigenvalue weighted by Crippen LogP contribution is 2.32. The number of benzene rings is 1. The van der Waals surface area contributed by atoms with E-state index in [0.29, 0.717) is 23.1 Å². The number of rotatable bonds is 7. The van der Waals surface area contributed by atoms with Crippen LogP contribution in [0, 0.1) is 5.92 Å². The summed E-state index contributed by atoms with van der Waals surface area (Å²) in [5.74, 6) is 0.438. The topological polar surface area (TPSA) is 54.5 Å². The van der Waals surface area contributed by atoms with E-state index < -0.39 is 9.84 Å². The first-order valence-corrected chi connectivity index (χ1v) is 10.4. The molecular formula is C18H27NO3S. The van der Waals surface area contributed by atoms with Crippen LogP contribution in [0.3, 0.4) is 0 Å². The molecule has 0 N–H and O–H groups in total.